The highest BCUT2D eigenvalue weighted by Crippen LogP contribution is 2.50. The lowest BCUT2D eigenvalue weighted by atomic mass is 9.85. The number of rotatable bonds is 6. The van der Waals surface area contributed by atoms with Crippen molar-refractivity contribution in [3.8, 4) is 33.4 Å². The quantitative estimate of drug-likeness (QED) is 0.156. The van der Waals surface area contributed by atoms with Crippen LogP contribution in [0, 0.1) is 0 Å². The molecule has 0 radical (unpaired) electrons. The topological polar surface area (TPSA) is 16.4 Å². The van der Waals surface area contributed by atoms with Crippen molar-refractivity contribution in [2.75, 3.05) is 4.90 Å². The molecule has 0 bridgehead atoms. The van der Waals surface area contributed by atoms with Crippen molar-refractivity contribution < 1.29 is 4.42 Å². The van der Waals surface area contributed by atoms with Crippen molar-refractivity contribution in [3.05, 3.63) is 237 Å². The number of anilines is 3. The van der Waals surface area contributed by atoms with E-state index in [-0.39, 0.29) is 0 Å². The first-order chi connectivity index (χ1) is 31.8. The average Bonchev–Trinajstić information content (AvgIpc) is 3.76. The fourth-order valence-electron chi connectivity index (χ4n) is 10.4. The molecule has 13 aromatic rings. The molecule has 0 unspecified atom stereocenters. The number of para-hydroxylation sites is 1. The van der Waals surface area contributed by atoms with E-state index in [0.29, 0.717) is 0 Å². The van der Waals surface area contributed by atoms with Gasteiger partial charge in [0.05, 0.1) is 11.4 Å². The summed E-state index contributed by atoms with van der Waals surface area (Å²) in [5.74, 6) is 0. The molecule has 0 aliphatic heterocycles. The van der Waals surface area contributed by atoms with Crippen LogP contribution in [0.15, 0.2) is 241 Å². The predicted octanol–water partition coefficient (Wildman–Crippen LogP) is 17.8. The van der Waals surface area contributed by atoms with Gasteiger partial charge < -0.3 is 9.32 Å². The van der Waals surface area contributed by atoms with Crippen molar-refractivity contribution in [1.29, 1.82) is 0 Å². The van der Waals surface area contributed by atoms with Gasteiger partial charge in [-0.25, -0.2) is 0 Å². The van der Waals surface area contributed by atoms with Crippen LogP contribution in [0.3, 0.4) is 0 Å². The van der Waals surface area contributed by atoms with Gasteiger partial charge in [-0.15, -0.1) is 0 Å². The number of nitrogens with zero attached hydrogens (tertiary/aromatic N) is 1. The third-order valence-electron chi connectivity index (χ3n) is 13.2. The van der Waals surface area contributed by atoms with E-state index < -0.39 is 0 Å². The normalized spacial score (nSPS) is 11.8. The monoisotopic (exact) mass is 813 g/mol. The van der Waals surface area contributed by atoms with Crippen molar-refractivity contribution in [1.82, 2.24) is 0 Å². The second-order valence-corrected chi connectivity index (χ2v) is 16.7. The molecule has 298 valence electrons. The Kier molecular flexibility index (Phi) is 8.25. The van der Waals surface area contributed by atoms with Crippen molar-refractivity contribution in [2.24, 2.45) is 0 Å². The number of benzene rings is 12. The van der Waals surface area contributed by atoms with Crippen LogP contribution in [0.1, 0.15) is 0 Å². The van der Waals surface area contributed by atoms with E-state index in [1.165, 1.54) is 70.7 Å². The SMILES string of the molecule is c1ccc(-c2c(-c3ccccc3)c3cc(N(c4ccccc4-c4cccc5oc6c7ccccc7ccc6c45)c4cccc5c4ccc4ccccc45)ccc3c3ccccc23)cc1. The first-order valence-corrected chi connectivity index (χ1v) is 22.0. The summed E-state index contributed by atoms with van der Waals surface area (Å²) in [6, 6.07) is 86.2. The zero-order chi connectivity index (χ0) is 42.1. The fourth-order valence-corrected chi connectivity index (χ4v) is 10.4. The molecule has 64 heavy (non-hydrogen) atoms. The minimum Gasteiger partial charge on any atom is -0.455 e. The van der Waals surface area contributed by atoms with E-state index in [0.717, 1.165) is 55.5 Å². The largest absolute Gasteiger partial charge is 0.455 e. The van der Waals surface area contributed by atoms with Gasteiger partial charge in [0.2, 0.25) is 0 Å². The molecule has 13 rings (SSSR count). The highest BCUT2D eigenvalue weighted by atomic mass is 16.3. The van der Waals surface area contributed by atoms with E-state index in [4.69, 9.17) is 4.42 Å². The molecule has 0 saturated heterocycles. The lowest BCUT2D eigenvalue weighted by molar-refractivity contribution is 0.673. The van der Waals surface area contributed by atoms with Crippen LogP contribution >= 0.6 is 0 Å². The summed E-state index contributed by atoms with van der Waals surface area (Å²) in [6.45, 7) is 0. The lowest BCUT2D eigenvalue weighted by Crippen LogP contribution is -2.12. The molecule has 0 fully saturated rings. The van der Waals surface area contributed by atoms with Crippen LogP contribution < -0.4 is 4.90 Å². The van der Waals surface area contributed by atoms with E-state index >= 15 is 0 Å². The summed E-state index contributed by atoms with van der Waals surface area (Å²) in [7, 11) is 0. The number of hydrogen-bond acceptors (Lipinski definition) is 2. The third-order valence-corrected chi connectivity index (χ3v) is 13.2. The Morgan fingerprint density at radius 3 is 1.59 bits per heavy atom. The van der Waals surface area contributed by atoms with E-state index in [9.17, 15) is 0 Å². The Bertz CT molecular complexity index is 3960. The molecule has 0 saturated carbocycles. The Labute approximate surface area is 370 Å². The lowest BCUT2D eigenvalue weighted by Gasteiger charge is -2.30. The molecular formula is C62H39NO. The van der Waals surface area contributed by atoms with Crippen LogP contribution in [-0.4, -0.2) is 0 Å². The zero-order valence-electron chi connectivity index (χ0n) is 34.9. The first-order valence-electron chi connectivity index (χ1n) is 22.0. The highest BCUT2D eigenvalue weighted by molar-refractivity contribution is 6.23. The minimum atomic E-state index is 0.875. The number of furan rings is 1. The summed E-state index contributed by atoms with van der Waals surface area (Å²) in [4.78, 5) is 2.49. The maximum Gasteiger partial charge on any atom is 0.143 e. The van der Waals surface area contributed by atoms with E-state index in [1.807, 2.05) is 0 Å². The van der Waals surface area contributed by atoms with Gasteiger partial charge in [0.15, 0.2) is 0 Å². The maximum atomic E-state index is 6.77. The Balaban J connectivity index is 1.14. The highest BCUT2D eigenvalue weighted by Gasteiger charge is 2.24. The molecule has 0 spiro atoms. The van der Waals surface area contributed by atoms with Gasteiger partial charge in [-0.1, -0.05) is 200 Å². The van der Waals surface area contributed by atoms with E-state index in [1.54, 1.807) is 0 Å². The summed E-state index contributed by atoms with van der Waals surface area (Å²) in [5.41, 5.74) is 12.1. The second kappa shape index (κ2) is 14.6. The molecule has 2 nitrogen and oxygen atoms in total. The minimum absolute atomic E-state index is 0.875. The average molecular weight is 814 g/mol. The molecule has 1 aromatic heterocycles. The van der Waals surface area contributed by atoms with Crippen molar-refractivity contribution >= 4 is 92.9 Å². The van der Waals surface area contributed by atoms with E-state index in [2.05, 4.69) is 241 Å². The van der Waals surface area contributed by atoms with Gasteiger partial charge in [0.25, 0.3) is 0 Å². The van der Waals surface area contributed by atoms with Crippen LogP contribution in [0.5, 0.6) is 0 Å². The molecule has 1 heterocycles. The van der Waals surface area contributed by atoms with Gasteiger partial charge in [0, 0.05) is 32.8 Å². The second-order valence-electron chi connectivity index (χ2n) is 16.7. The molecule has 0 atom stereocenters. The summed E-state index contributed by atoms with van der Waals surface area (Å²) in [6.07, 6.45) is 0. The van der Waals surface area contributed by atoms with Crippen LogP contribution in [0.2, 0.25) is 0 Å². The van der Waals surface area contributed by atoms with Gasteiger partial charge in [0.1, 0.15) is 11.2 Å². The maximum absolute atomic E-state index is 6.77. The number of hydrogen-bond donors (Lipinski definition) is 0. The van der Waals surface area contributed by atoms with Crippen molar-refractivity contribution in [2.45, 2.75) is 0 Å². The Morgan fingerprint density at radius 1 is 0.297 bits per heavy atom. The molecule has 2 heteroatoms. The molecule has 0 N–H and O–H groups in total. The molecular weight excluding hydrogens is 775 g/mol. The van der Waals surface area contributed by atoms with Gasteiger partial charge in [-0.2, -0.15) is 0 Å². The molecule has 0 amide bonds. The van der Waals surface area contributed by atoms with Gasteiger partial charge >= 0.3 is 0 Å². The summed E-state index contributed by atoms with van der Waals surface area (Å²) in [5, 5.41) is 14.3. The van der Waals surface area contributed by atoms with Gasteiger partial charge in [-0.3, -0.25) is 0 Å². The molecule has 0 aliphatic rings. The zero-order valence-corrected chi connectivity index (χ0v) is 34.9. The summed E-state index contributed by atoms with van der Waals surface area (Å²) < 4.78 is 6.77. The van der Waals surface area contributed by atoms with Crippen LogP contribution in [0.25, 0.3) is 109 Å². The first kappa shape index (κ1) is 36.2. The summed E-state index contributed by atoms with van der Waals surface area (Å²) >= 11 is 0. The Hall–Kier alpha value is -8.46. The fraction of sp³-hybridized carbons (Fsp3) is 0. The third kappa shape index (κ3) is 5.59. The molecule has 12 aromatic carbocycles. The smallest absolute Gasteiger partial charge is 0.143 e. The molecule has 0 aliphatic carbocycles. The number of fused-ring (bicyclic) bond motifs is 11. The van der Waals surface area contributed by atoms with Crippen molar-refractivity contribution in [3.63, 3.8) is 0 Å². The predicted molar refractivity (Wildman–Crippen MR) is 272 cm³/mol. The van der Waals surface area contributed by atoms with Crippen LogP contribution in [0.4, 0.5) is 17.1 Å². The Morgan fingerprint density at radius 2 is 0.812 bits per heavy atom. The van der Waals surface area contributed by atoms with Gasteiger partial charge in [-0.05, 0) is 107 Å². The van der Waals surface area contributed by atoms with Crippen LogP contribution in [-0.2, 0) is 0 Å². The standard InChI is InChI=1S/C62H39NO/c1-3-19-42(20-4-1)59-52-27-12-11-25-48(52)49-38-35-44(39-55(49)60(59)43-21-5-2-6-22-43)63(57-31-15-28-47-45-23-9-7-17-40(45)33-36-51(47)57)56-30-14-13-26-50(56)53-29-16-32-58-61(53)54-37-34-41-18-8-10-24-46(41)62(54)64-58/h1-39H.